The SMILES string of the molecule is CB(O)C1CCC(C(C)C)CC1.CB(O)CCC(C)C.CB(O)c1ccc(C(C)C)cc1.CC(=O)CNCc1cc(C(=O)O)cc(C(=O)O)c1C(C)C.CC(=O)c1cc(NCc2ccc(C(C)C)cc2)cc(C(=O)O)c1.CC(C)C1CCC(B(O)O)C1.CC(C)C1CCC(CNc2cc(C(=O)O)cc(C(=O)O)c2)CC1. The fraction of sp³-hybridized carbons (Fsp3) is 0.570. The Bertz CT molecular complexity index is 3470. The number of aromatic carboxylic acids is 5. The fourth-order valence-electron chi connectivity index (χ4n) is 13.8. The first kappa shape index (κ1) is 98.5. The molecule has 3 saturated carbocycles. The summed E-state index contributed by atoms with van der Waals surface area (Å²) in [5.41, 5.74) is 7.45. The number of anilines is 2. The van der Waals surface area contributed by atoms with Crippen molar-refractivity contribution in [3.05, 3.63) is 158 Å². The molecule has 5 aromatic rings. The topological polar surface area (TPSA) is 358 Å². The fourth-order valence-corrected chi connectivity index (χ4v) is 13.8. The second kappa shape index (κ2) is 50.4. The lowest BCUT2D eigenvalue weighted by atomic mass is 9.53. The molecule has 0 bridgehead atoms. The van der Waals surface area contributed by atoms with Crippen LogP contribution in [0.4, 0.5) is 11.4 Å². The van der Waals surface area contributed by atoms with Crippen LogP contribution in [0.1, 0.15) is 296 Å². The van der Waals surface area contributed by atoms with Crippen molar-refractivity contribution >= 4 is 86.1 Å². The molecule has 3 aliphatic rings. The van der Waals surface area contributed by atoms with Crippen molar-refractivity contribution < 1.29 is 84.2 Å². The van der Waals surface area contributed by atoms with Gasteiger partial charge in [0.15, 0.2) is 5.78 Å². The first-order chi connectivity index (χ1) is 51.4. The Morgan fingerprint density at radius 2 is 0.873 bits per heavy atom. The van der Waals surface area contributed by atoms with Crippen LogP contribution in [0, 0.1) is 47.3 Å². The lowest BCUT2D eigenvalue weighted by Gasteiger charge is -2.31. The normalized spacial score (nSPS) is 17.0. The van der Waals surface area contributed by atoms with Gasteiger partial charge >= 0.3 is 43.9 Å². The average Bonchev–Trinajstić information content (AvgIpc) is 0.821. The Kier molecular flexibility index (Phi) is 45.1. The number of Topliss-reactive ketones (excluding diaryl/α,β-unsaturated/α-hetero) is 2. The van der Waals surface area contributed by atoms with Crippen LogP contribution in [0.2, 0.25) is 38.4 Å². The number of carbonyl (C=O) groups is 7. The first-order valence-electron chi connectivity index (χ1n) is 39.8. The quantitative estimate of drug-likeness (QED) is 0.0163. The zero-order chi connectivity index (χ0) is 83.4. The molecule has 8 rings (SSSR count). The van der Waals surface area contributed by atoms with Crippen LogP contribution in [0.5, 0.6) is 0 Å². The molecule has 0 saturated heterocycles. The molecule has 5 aromatic carbocycles. The van der Waals surface area contributed by atoms with Crippen molar-refractivity contribution in [1.29, 1.82) is 0 Å². The number of hydrogen-bond acceptors (Lipinski definition) is 15. The monoisotopic (exact) mass is 1520 g/mol. The third kappa shape index (κ3) is 37.6. The summed E-state index contributed by atoms with van der Waals surface area (Å²) in [5.74, 6) is 1.86. The summed E-state index contributed by atoms with van der Waals surface area (Å²) in [6, 6.07) is 27.8. The lowest BCUT2D eigenvalue weighted by Crippen LogP contribution is -2.25. The third-order valence-corrected chi connectivity index (χ3v) is 21.2. The summed E-state index contributed by atoms with van der Waals surface area (Å²) in [4.78, 5) is 78.4. The molecule has 0 amide bonds. The summed E-state index contributed by atoms with van der Waals surface area (Å²) in [6.07, 6.45) is 15.2. The summed E-state index contributed by atoms with van der Waals surface area (Å²) in [5, 5.41) is 100. The molecule has 24 heteroatoms. The van der Waals surface area contributed by atoms with Crippen molar-refractivity contribution in [2.24, 2.45) is 47.3 Å². The van der Waals surface area contributed by atoms with Crippen LogP contribution in [-0.2, 0) is 17.9 Å². The molecule has 606 valence electrons. The van der Waals surface area contributed by atoms with Gasteiger partial charge < -0.3 is 66.6 Å². The van der Waals surface area contributed by atoms with Gasteiger partial charge in [-0.2, -0.15) is 0 Å². The number of nitrogens with one attached hydrogen (secondary N) is 3. The van der Waals surface area contributed by atoms with Crippen LogP contribution < -0.4 is 21.4 Å². The Morgan fingerprint density at radius 1 is 0.455 bits per heavy atom. The highest BCUT2D eigenvalue weighted by atomic mass is 16.4. The number of hydrogen-bond donors (Lipinski definition) is 13. The van der Waals surface area contributed by atoms with E-state index in [2.05, 4.69) is 135 Å². The smallest absolute Gasteiger partial charge is 0.454 e. The van der Waals surface area contributed by atoms with Crippen molar-refractivity contribution in [3.8, 4) is 0 Å². The Balaban J connectivity index is 0.000000449. The maximum absolute atomic E-state index is 11.5. The van der Waals surface area contributed by atoms with E-state index in [1.165, 1.54) is 125 Å². The highest BCUT2D eigenvalue weighted by Crippen LogP contribution is 2.40. The molecular formula is C86H133B4N3O17. The van der Waals surface area contributed by atoms with Crippen LogP contribution in [0.15, 0.2) is 97.1 Å². The van der Waals surface area contributed by atoms with E-state index < -0.39 is 37.0 Å². The second-order valence-electron chi connectivity index (χ2n) is 32.9. The van der Waals surface area contributed by atoms with E-state index >= 15 is 0 Å². The maximum atomic E-state index is 11.5. The molecule has 3 fully saturated rings. The van der Waals surface area contributed by atoms with Gasteiger partial charge in [-0.15, -0.1) is 0 Å². The van der Waals surface area contributed by atoms with Gasteiger partial charge in [-0.05, 0) is 211 Å². The number of carboxylic acids is 5. The minimum absolute atomic E-state index is 0.00378. The Labute approximate surface area is 658 Å². The molecule has 0 radical (unpaired) electrons. The molecule has 0 aliphatic heterocycles. The van der Waals surface area contributed by atoms with E-state index in [1.54, 1.807) is 12.9 Å². The number of rotatable bonds is 28. The average molecular weight is 1520 g/mol. The van der Waals surface area contributed by atoms with Gasteiger partial charge in [0.25, 0.3) is 13.8 Å². The number of ketones is 2. The van der Waals surface area contributed by atoms with E-state index in [4.69, 9.17) is 35.5 Å². The van der Waals surface area contributed by atoms with E-state index in [0.717, 1.165) is 72.7 Å². The highest BCUT2D eigenvalue weighted by molar-refractivity contribution is 6.64. The van der Waals surface area contributed by atoms with E-state index in [1.807, 2.05) is 39.6 Å². The van der Waals surface area contributed by atoms with E-state index in [9.17, 15) is 48.7 Å². The molecule has 0 aromatic heterocycles. The minimum Gasteiger partial charge on any atom is -0.478 e. The van der Waals surface area contributed by atoms with Crippen molar-refractivity contribution in [2.45, 2.75) is 257 Å². The Hall–Kier alpha value is -7.59. The zero-order valence-corrected chi connectivity index (χ0v) is 69.4. The van der Waals surface area contributed by atoms with Gasteiger partial charge in [0.05, 0.1) is 34.4 Å². The molecule has 13 N–H and O–H groups in total. The van der Waals surface area contributed by atoms with Gasteiger partial charge in [-0.25, -0.2) is 24.0 Å². The predicted octanol–water partition coefficient (Wildman–Crippen LogP) is 17.5. The van der Waals surface area contributed by atoms with E-state index in [-0.39, 0.29) is 85.0 Å². The molecular weight excluding hydrogens is 1390 g/mol. The molecule has 3 aliphatic carbocycles. The van der Waals surface area contributed by atoms with Crippen LogP contribution in [0.25, 0.3) is 0 Å². The standard InChI is InChI=1S/C19H21NO3.C18H25NO4.C15H19NO5.C10H21BO.C10H15BO.C8H17BO2.C6H15BO/c1-12(2)15-6-4-14(5-7-15)11-20-18-9-16(13(3)21)8-17(10-18)19(22)23;1-11(2)13-5-3-12(4-6-13)10-19-16-8-14(17(20)21)7-15(9-16)18(22)23;1-8(2)13-11(7-16-6-9(3)17)4-10(14(18)19)5-12(13)15(20)21;2*1-8(2)9-4-6-10(7-5-9)11(3)12;1-6(2)7-3-4-8(5-7)9(10)11;1-6(2)4-5-7(3)8/h4-10,12,20H,11H2,1-3H3,(H,22,23);7-9,11-13,19H,3-6,10H2,1-2H3,(H,20,21)(H,22,23);4-5,8,16H,6-7H2,1-3H3,(H,18,19)(H,20,21);8-10,12H,4-7H2,1-3H3;4-8,12H,1-3H3;6-8,10-11H,3-5H2,1-2H3;6,8H,4-5H2,1-3H3. The number of carbonyl (C=O) groups excluding carboxylic acids is 2. The molecule has 0 heterocycles. The zero-order valence-electron chi connectivity index (χ0n) is 69.4. The van der Waals surface area contributed by atoms with Gasteiger partial charge in [0.2, 0.25) is 0 Å². The molecule has 2 unspecified atom stereocenters. The van der Waals surface area contributed by atoms with Crippen molar-refractivity contribution in [1.82, 2.24) is 5.32 Å². The van der Waals surface area contributed by atoms with Gasteiger partial charge in [0.1, 0.15) is 5.78 Å². The highest BCUT2D eigenvalue weighted by Gasteiger charge is 2.34. The van der Waals surface area contributed by atoms with Crippen LogP contribution in [-0.4, -0.2) is 133 Å². The largest absolute Gasteiger partial charge is 0.478 e. The van der Waals surface area contributed by atoms with E-state index in [0.29, 0.717) is 70.0 Å². The predicted molar refractivity (Wildman–Crippen MR) is 450 cm³/mol. The van der Waals surface area contributed by atoms with Crippen molar-refractivity contribution in [3.63, 3.8) is 0 Å². The second-order valence-corrected chi connectivity index (χ2v) is 32.9. The molecule has 2 atom stereocenters. The van der Waals surface area contributed by atoms with Crippen molar-refractivity contribution in [2.75, 3.05) is 23.7 Å². The summed E-state index contributed by atoms with van der Waals surface area (Å²) < 4.78 is 0. The van der Waals surface area contributed by atoms with Gasteiger partial charge in [-0.3, -0.25) is 9.59 Å². The molecule has 0 spiro atoms. The summed E-state index contributed by atoms with van der Waals surface area (Å²) >= 11 is 0. The summed E-state index contributed by atoms with van der Waals surface area (Å²) in [7, 11) is -1.08. The van der Waals surface area contributed by atoms with Crippen LogP contribution in [0.3, 0.4) is 0 Å². The lowest BCUT2D eigenvalue weighted by molar-refractivity contribution is -0.116. The molecule has 110 heavy (non-hydrogen) atoms. The van der Waals surface area contributed by atoms with Gasteiger partial charge in [0, 0.05) is 36.6 Å². The molecule has 20 nitrogen and oxygen atoms in total. The maximum Gasteiger partial charge on any atom is 0.454 e. The summed E-state index contributed by atoms with van der Waals surface area (Å²) in [6.45, 7) is 39.8. The minimum atomic E-state index is -1.18. The Morgan fingerprint density at radius 3 is 1.23 bits per heavy atom. The van der Waals surface area contributed by atoms with Crippen LogP contribution >= 0.6 is 0 Å². The van der Waals surface area contributed by atoms with Gasteiger partial charge in [-0.1, -0.05) is 211 Å². The number of benzene rings is 5. The number of carboxylic acid groups (broad SMARTS) is 5. The first-order valence-corrected chi connectivity index (χ1v) is 39.8. The third-order valence-electron chi connectivity index (χ3n) is 21.2.